The summed E-state index contributed by atoms with van der Waals surface area (Å²) in [6.45, 7) is 8.31. The van der Waals surface area contributed by atoms with Crippen LogP contribution in [0, 0.1) is 6.92 Å². The number of sulfonamides is 1. The second kappa shape index (κ2) is 11.1. The van der Waals surface area contributed by atoms with Crippen LogP contribution in [0.1, 0.15) is 25.0 Å². The molecule has 2 aromatic rings. The molecule has 2 aromatic carbocycles. The van der Waals surface area contributed by atoms with E-state index in [9.17, 15) is 18.0 Å². The van der Waals surface area contributed by atoms with E-state index in [0.29, 0.717) is 38.3 Å². The third-order valence-electron chi connectivity index (χ3n) is 6.11. The van der Waals surface area contributed by atoms with Crippen LogP contribution in [-0.2, 0) is 26.0 Å². The van der Waals surface area contributed by atoms with Crippen LogP contribution >= 0.6 is 0 Å². The van der Waals surface area contributed by atoms with Crippen molar-refractivity contribution in [2.75, 3.05) is 45.1 Å². The second-order valence-electron chi connectivity index (χ2n) is 9.01. The maximum absolute atomic E-state index is 12.6. The van der Waals surface area contributed by atoms with Crippen LogP contribution in [0.4, 0.5) is 5.69 Å². The van der Waals surface area contributed by atoms with E-state index >= 15 is 0 Å². The molecule has 1 fully saturated rings. The monoisotopic (exact) mass is 486 g/mol. The molecule has 0 aliphatic carbocycles. The van der Waals surface area contributed by atoms with Crippen molar-refractivity contribution in [3.05, 3.63) is 59.7 Å². The number of nitrogens with zero attached hydrogens (tertiary/aromatic N) is 3. The van der Waals surface area contributed by atoms with Crippen molar-refractivity contribution in [3.63, 3.8) is 0 Å². The van der Waals surface area contributed by atoms with Crippen LogP contribution in [0.5, 0.6) is 0 Å². The Morgan fingerprint density at radius 1 is 0.971 bits per heavy atom. The fraction of sp³-hybridized carbons (Fsp3) is 0.440. The number of nitrogens with one attached hydrogen (secondary N) is 1. The number of carbonyl (C=O) groups is 2. The quantitative estimate of drug-likeness (QED) is 0.619. The van der Waals surface area contributed by atoms with Gasteiger partial charge in [0.05, 0.1) is 17.9 Å². The minimum atomic E-state index is -3.56. The van der Waals surface area contributed by atoms with Crippen molar-refractivity contribution in [1.82, 2.24) is 14.1 Å². The molecule has 0 bridgehead atoms. The standard InChI is InChI=1S/C25H34N4O4S/c1-19(2)27(4)34(32,33)23-11-9-22(10-12-23)26-24(30)18-28-13-15-29(16-14-28)25(31)17-21-7-5-20(3)6-8-21/h5-12,19H,13-18H2,1-4H3,(H,26,30). The third kappa shape index (κ3) is 6.65. The summed E-state index contributed by atoms with van der Waals surface area (Å²) in [6.07, 6.45) is 0.388. The highest BCUT2D eigenvalue weighted by Crippen LogP contribution is 2.19. The lowest BCUT2D eigenvalue weighted by Gasteiger charge is -2.34. The van der Waals surface area contributed by atoms with E-state index in [1.807, 2.05) is 54.8 Å². The SMILES string of the molecule is Cc1ccc(CC(=O)N2CCN(CC(=O)Nc3ccc(S(=O)(=O)N(C)C(C)C)cc3)CC2)cc1. The second-order valence-corrected chi connectivity index (χ2v) is 11.0. The molecular formula is C25H34N4O4S. The van der Waals surface area contributed by atoms with Crippen molar-refractivity contribution in [2.45, 2.75) is 38.1 Å². The Labute approximate surface area is 202 Å². The highest BCUT2D eigenvalue weighted by Gasteiger charge is 2.24. The summed E-state index contributed by atoms with van der Waals surface area (Å²) in [7, 11) is -2.01. The smallest absolute Gasteiger partial charge is 0.243 e. The summed E-state index contributed by atoms with van der Waals surface area (Å²) in [5.74, 6) is -0.0690. The molecule has 0 unspecified atom stereocenters. The van der Waals surface area contributed by atoms with E-state index in [4.69, 9.17) is 0 Å². The van der Waals surface area contributed by atoms with Crippen LogP contribution in [0.25, 0.3) is 0 Å². The molecular weight excluding hydrogens is 452 g/mol. The Kier molecular flexibility index (Phi) is 8.46. The first kappa shape index (κ1) is 25.9. The lowest BCUT2D eigenvalue weighted by atomic mass is 10.1. The molecule has 34 heavy (non-hydrogen) atoms. The van der Waals surface area contributed by atoms with Gasteiger partial charge in [-0.2, -0.15) is 4.31 Å². The zero-order valence-electron chi connectivity index (χ0n) is 20.3. The molecule has 0 aromatic heterocycles. The number of hydrogen-bond acceptors (Lipinski definition) is 5. The first-order valence-corrected chi connectivity index (χ1v) is 12.9. The number of piperazine rings is 1. The van der Waals surface area contributed by atoms with Gasteiger partial charge in [-0.15, -0.1) is 0 Å². The predicted octanol–water partition coefficient (Wildman–Crippen LogP) is 2.35. The summed E-state index contributed by atoms with van der Waals surface area (Å²) in [4.78, 5) is 29.1. The molecule has 9 heteroatoms. The first-order valence-electron chi connectivity index (χ1n) is 11.5. The normalized spacial score (nSPS) is 15.1. The Morgan fingerprint density at radius 2 is 1.56 bits per heavy atom. The molecule has 0 radical (unpaired) electrons. The molecule has 0 atom stereocenters. The van der Waals surface area contributed by atoms with E-state index in [1.54, 1.807) is 19.2 Å². The van der Waals surface area contributed by atoms with Crippen molar-refractivity contribution >= 4 is 27.5 Å². The third-order valence-corrected chi connectivity index (χ3v) is 8.16. The van der Waals surface area contributed by atoms with Gasteiger partial charge in [-0.05, 0) is 50.6 Å². The predicted molar refractivity (Wildman–Crippen MR) is 133 cm³/mol. The van der Waals surface area contributed by atoms with E-state index in [1.165, 1.54) is 22.0 Å². The average Bonchev–Trinajstić information content (AvgIpc) is 2.80. The number of carbonyl (C=O) groups excluding carboxylic acids is 2. The van der Waals surface area contributed by atoms with E-state index in [0.717, 1.165) is 5.56 Å². The largest absolute Gasteiger partial charge is 0.340 e. The summed E-state index contributed by atoms with van der Waals surface area (Å²) < 4.78 is 26.4. The summed E-state index contributed by atoms with van der Waals surface area (Å²) in [6, 6.07) is 14.0. The van der Waals surface area contributed by atoms with Gasteiger partial charge in [0.25, 0.3) is 0 Å². The van der Waals surface area contributed by atoms with Gasteiger partial charge in [0.1, 0.15) is 0 Å². The number of benzene rings is 2. The van der Waals surface area contributed by atoms with Gasteiger partial charge < -0.3 is 10.2 Å². The topological polar surface area (TPSA) is 90.0 Å². The lowest BCUT2D eigenvalue weighted by molar-refractivity contribution is -0.132. The van der Waals surface area contributed by atoms with Gasteiger partial charge >= 0.3 is 0 Å². The molecule has 0 saturated carbocycles. The Morgan fingerprint density at radius 3 is 2.12 bits per heavy atom. The molecule has 1 N–H and O–H groups in total. The fourth-order valence-corrected chi connectivity index (χ4v) is 5.07. The average molecular weight is 487 g/mol. The molecule has 1 heterocycles. The molecule has 1 aliphatic rings. The van der Waals surface area contributed by atoms with Crippen LogP contribution in [-0.4, -0.2) is 80.2 Å². The zero-order chi connectivity index (χ0) is 24.9. The molecule has 1 aliphatic heterocycles. The van der Waals surface area contributed by atoms with Crippen molar-refractivity contribution in [1.29, 1.82) is 0 Å². The van der Waals surface area contributed by atoms with Crippen LogP contribution in [0.2, 0.25) is 0 Å². The zero-order valence-corrected chi connectivity index (χ0v) is 21.1. The van der Waals surface area contributed by atoms with Crippen molar-refractivity contribution in [2.24, 2.45) is 0 Å². The van der Waals surface area contributed by atoms with Gasteiger partial charge in [-0.25, -0.2) is 8.42 Å². The van der Waals surface area contributed by atoms with Crippen LogP contribution < -0.4 is 5.32 Å². The maximum atomic E-state index is 12.6. The molecule has 184 valence electrons. The minimum absolute atomic E-state index is 0.103. The Balaban J connectivity index is 1.46. The highest BCUT2D eigenvalue weighted by atomic mass is 32.2. The molecule has 2 amide bonds. The summed E-state index contributed by atoms with van der Waals surface area (Å²) in [5.41, 5.74) is 2.72. The molecule has 3 rings (SSSR count). The van der Waals surface area contributed by atoms with E-state index in [-0.39, 0.29) is 29.3 Å². The Bertz CT molecular complexity index is 1090. The molecule has 8 nitrogen and oxygen atoms in total. The van der Waals surface area contributed by atoms with E-state index in [2.05, 4.69) is 5.32 Å². The number of hydrogen-bond donors (Lipinski definition) is 1. The van der Waals surface area contributed by atoms with Crippen LogP contribution in [0.15, 0.2) is 53.4 Å². The number of aryl methyl sites for hydroxylation is 1. The van der Waals surface area contributed by atoms with Gasteiger partial charge in [0, 0.05) is 45.0 Å². The summed E-state index contributed by atoms with van der Waals surface area (Å²) >= 11 is 0. The van der Waals surface area contributed by atoms with Gasteiger partial charge in [0.2, 0.25) is 21.8 Å². The molecule has 1 saturated heterocycles. The first-order chi connectivity index (χ1) is 16.1. The Hall–Kier alpha value is -2.75. The van der Waals surface area contributed by atoms with E-state index < -0.39 is 10.0 Å². The number of rotatable bonds is 8. The lowest BCUT2D eigenvalue weighted by Crippen LogP contribution is -2.50. The number of amides is 2. The van der Waals surface area contributed by atoms with Gasteiger partial charge in [0.15, 0.2) is 0 Å². The number of anilines is 1. The van der Waals surface area contributed by atoms with Crippen molar-refractivity contribution < 1.29 is 18.0 Å². The molecule has 0 spiro atoms. The maximum Gasteiger partial charge on any atom is 0.243 e. The van der Waals surface area contributed by atoms with Gasteiger partial charge in [-0.1, -0.05) is 29.8 Å². The fourth-order valence-electron chi connectivity index (χ4n) is 3.71. The summed E-state index contributed by atoms with van der Waals surface area (Å²) in [5, 5.41) is 2.82. The van der Waals surface area contributed by atoms with Crippen LogP contribution in [0.3, 0.4) is 0 Å². The van der Waals surface area contributed by atoms with Gasteiger partial charge in [-0.3, -0.25) is 14.5 Å². The van der Waals surface area contributed by atoms with Crippen molar-refractivity contribution in [3.8, 4) is 0 Å². The highest BCUT2D eigenvalue weighted by molar-refractivity contribution is 7.89. The minimum Gasteiger partial charge on any atom is -0.340 e.